The van der Waals surface area contributed by atoms with Crippen LogP contribution in [0.3, 0.4) is 0 Å². The minimum absolute atomic E-state index is 0.0267. The van der Waals surface area contributed by atoms with Crippen LogP contribution in [0.25, 0.3) is 0 Å². The van der Waals surface area contributed by atoms with Crippen LogP contribution in [0.15, 0.2) is 12.1 Å². The molecule has 0 radical (unpaired) electrons. The van der Waals surface area contributed by atoms with Crippen LogP contribution in [0, 0.1) is 13.8 Å². The van der Waals surface area contributed by atoms with E-state index >= 15 is 0 Å². The van der Waals surface area contributed by atoms with Gasteiger partial charge in [-0.3, -0.25) is 4.79 Å². The Morgan fingerprint density at radius 3 is 2.73 bits per heavy atom. The molecule has 2 aliphatic heterocycles. The molecular weight excluding hydrogens is 286 g/mol. The summed E-state index contributed by atoms with van der Waals surface area (Å²) in [6, 6.07) is 3.04. The number of morpholine rings is 1. The second-order valence-electron chi connectivity index (χ2n) is 5.82. The predicted molar refractivity (Wildman–Crippen MR) is 78.0 cm³/mol. The average molecular weight is 305 g/mol. The molecule has 6 heteroatoms. The van der Waals surface area contributed by atoms with Crippen molar-refractivity contribution in [1.29, 1.82) is 0 Å². The molecule has 0 aliphatic carbocycles. The summed E-state index contributed by atoms with van der Waals surface area (Å²) < 4.78 is 10.9. The molecule has 1 fully saturated rings. The molecule has 0 aromatic heterocycles. The molecule has 1 saturated heterocycles. The number of carbonyl (C=O) groups is 2. The molecule has 0 bridgehead atoms. The number of aryl methyl sites for hydroxylation is 2. The number of aliphatic carboxylic acids is 1. The summed E-state index contributed by atoms with van der Waals surface area (Å²) in [6.07, 6.45) is -0.157. The van der Waals surface area contributed by atoms with Gasteiger partial charge in [-0.1, -0.05) is 6.07 Å². The molecule has 2 aliphatic rings. The summed E-state index contributed by atoms with van der Waals surface area (Å²) in [7, 11) is 0. The van der Waals surface area contributed by atoms with E-state index in [1.165, 1.54) is 4.90 Å². The van der Waals surface area contributed by atoms with Gasteiger partial charge in [0.2, 0.25) is 0 Å². The van der Waals surface area contributed by atoms with Crippen molar-refractivity contribution in [2.75, 3.05) is 19.8 Å². The van der Waals surface area contributed by atoms with Crippen LogP contribution in [0.4, 0.5) is 0 Å². The average Bonchev–Trinajstić information content (AvgIpc) is 2.89. The fraction of sp³-hybridized carbons (Fsp3) is 0.500. The number of carboxylic acids is 1. The number of rotatable bonds is 2. The maximum absolute atomic E-state index is 12.6. The summed E-state index contributed by atoms with van der Waals surface area (Å²) in [5.41, 5.74) is 3.27. The maximum Gasteiger partial charge on any atom is 0.328 e. The summed E-state index contributed by atoms with van der Waals surface area (Å²) >= 11 is 0. The molecule has 1 amide bonds. The molecule has 1 N–H and O–H groups in total. The van der Waals surface area contributed by atoms with Crippen LogP contribution >= 0.6 is 0 Å². The number of hydrogen-bond acceptors (Lipinski definition) is 4. The maximum atomic E-state index is 12.6. The first-order chi connectivity index (χ1) is 10.5. The zero-order chi connectivity index (χ0) is 15.9. The van der Waals surface area contributed by atoms with Crippen molar-refractivity contribution in [3.05, 3.63) is 28.8 Å². The van der Waals surface area contributed by atoms with E-state index in [2.05, 4.69) is 0 Å². The third-order valence-corrected chi connectivity index (χ3v) is 4.32. The minimum atomic E-state index is -1.05. The Morgan fingerprint density at radius 1 is 1.27 bits per heavy atom. The third kappa shape index (κ3) is 2.54. The minimum Gasteiger partial charge on any atom is -0.480 e. The highest BCUT2D eigenvalue weighted by molar-refractivity contribution is 5.87. The van der Waals surface area contributed by atoms with Gasteiger partial charge in [-0.15, -0.1) is 0 Å². The molecule has 2 atom stereocenters. The van der Waals surface area contributed by atoms with Crippen molar-refractivity contribution in [2.24, 2.45) is 0 Å². The second kappa shape index (κ2) is 5.61. The summed E-state index contributed by atoms with van der Waals surface area (Å²) in [5.74, 6) is -0.598. The topological polar surface area (TPSA) is 76.1 Å². The van der Waals surface area contributed by atoms with Crippen LogP contribution in [-0.4, -0.2) is 53.8 Å². The van der Waals surface area contributed by atoms with Crippen molar-refractivity contribution < 1.29 is 24.2 Å². The van der Waals surface area contributed by atoms with Gasteiger partial charge in [0.15, 0.2) is 12.1 Å². The Morgan fingerprint density at radius 2 is 2.00 bits per heavy atom. The standard InChI is InChI=1S/C16H19NO5/c1-9-5-11-7-14(22-13(11)6-10(9)2)15(18)17-3-4-21-8-12(17)16(19)20/h5-6,12,14H,3-4,7-8H2,1-2H3,(H,19,20)/t12-,14+/m1/s1. The SMILES string of the molecule is Cc1cc2c(cc1C)O[C@H](C(=O)N1CCOC[C@@H]1C(=O)O)C2. The third-order valence-electron chi connectivity index (χ3n) is 4.32. The fourth-order valence-electron chi connectivity index (χ4n) is 2.91. The molecule has 6 nitrogen and oxygen atoms in total. The number of hydrogen-bond donors (Lipinski definition) is 1. The number of carbonyl (C=O) groups excluding carboxylic acids is 1. The lowest BCUT2D eigenvalue weighted by Gasteiger charge is -2.34. The Balaban J connectivity index is 1.78. The number of ether oxygens (including phenoxy) is 2. The first-order valence-electron chi connectivity index (χ1n) is 7.35. The Kier molecular flexibility index (Phi) is 3.78. The second-order valence-corrected chi connectivity index (χ2v) is 5.82. The molecule has 2 heterocycles. The van der Waals surface area contributed by atoms with Crippen LogP contribution in [0.5, 0.6) is 5.75 Å². The van der Waals surface area contributed by atoms with Crippen molar-refractivity contribution in [2.45, 2.75) is 32.4 Å². The number of nitrogens with zero attached hydrogens (tertiary/aromatic N) is 1. The van der Waals surface area contributed by atoms with Crippen molar-refractivity contribution in [3.8, 4) is 5.75 Å². The summed E-state index contributed by atoms with van der Waals surface area (Å²) in [5, 5.41) is 9.23. The largest absolute Gasteiger partial charge is 0.480 e. The lowest BCUT2D eigenvalue weighted by Crippen LogP contribution is -2.56. The van der Waals surface area contributed by atoms with E-state index in [9.17, 15) is 14.7 Å². The number of amides is 1. The highest BCUT2D eigenvalue weighted by Crippen LogP contribution is 2.32. The van der Waals surface area contributed by atoms with E-state index < -0.39 is 18.1 Å². The Labute approximate surface area is 128 Å². The molecule has 118 valence electrons. The van der Waals surface area contributed by atoms with Crippen LogP contribution in [0.1, 0.15) is 16.7 Å². The zero-order valence-corrected chi connectivity index (χ0v) is 12.7. The Hall–Kier alpha value is -2.08. The van der Waals surface area contributed by atoms with E-state index in [1.54, 1.807) is 0 Å². The van der Waals surface area contributed by atoms with Crippen molar-refractivity contribution in [1.82, 2.24) is 4.90 Å². The highest BCUT2D eigenvalue weighted by atomic mass is 16.5. The van der Waals surface area contributed by atoms with Gasteiger partial charge >= 0.3 is 5.97 Å². The van der Waals surface area contributed by atoms with E-state index in [0.717, 1.165) is 22.4 Å². The summed E-state index contributed by atoms with van der Waals surface area (Å²) in [4.78, 5) is 25.3. The van der Waals surface area contributed by atoms with E-state index in [0.29, 0.717) is 13.0 Å². The fourth-order valence-corrected chi connectivity index (χ4v) is 2.91. The molecule has 1 aromatic rings. The monoisotopic (exact) mass is 305 g/mol. The summed E-state index contributed by atoms with van der Waals surface area (Å²) in [6.45, 7) is 4.68. The van der Waals surface area contributed by atoms with Crippen molar-refractivity contribution >= 4 is 11.9 Å². The highest BCUT2D eigenvalue weighted by Gasteiger charge is 2.39. The lowest BCUT2D eigenvalue weighted by atomic mass is 10.0. The van der Waals surface area contributed by atoms with E-state index in [-0.39, 0.29) is 19.1 Å². The smallest absolute Gasteiger partial charge is 0.328 e. The number of fused-ring (bicyclic) bond motifs is 1. The van der Waals surface area contributed by atoms with E-state index in [1.807, 2.05) is 26.0 Å². The van der Waals surface area contributed by atoms with Gasteiger partial charge in [-0.05, 0) is 36.6 Å². The molecule has 0 spiro atoms. The Bertz CT molecular complexity index is 596. The van der Waals surface area contributed by atoms with Gasteiger partial charge < -0.3 is 19.5 Å². The zero-order valence-electron chi connectivity index (χ0n) is 12.7. The van der Waals surface area contributed by atoms with Gasteiger partial charge in [-0.2, -0.15) is 0 Å². The van der Waals surface area contributed by atoms with Crippen LogP contribution in [-0.2, 0) is 20.7 Å². The van der Waals surface area contributed by atoms with Gasteiger partial charge in [0.25, 0.3) is 5.91 Å². The van der Waals surface area contributed by atoms with E-state index in [4.69, 9.17) is 9.47 Å². The molecule has 0 unspecified atom stereocenters. The van der Waals surface area contributed by atoms with Gasteiger partial charge in [0.05, 0.1) is 13.2 Å². The quantitative estimate of drug-likeness (QED) is 0.879. The van der Waals surface area contributed by atoms with Gasteiger partial charge in [0.1, 0.15) is 5.75 Å². The van der Waals surface area contributed by atoms with Crippen LogP contribution in [0.2, 0.25) is 0 Å². The van der Waals surface area contributed by atoms with Gasteiger partial charge in [-0.25, -0.2) is 4.79 Å². The number of benzene rings is 1. The molecule has 3 rings (SSSR count). The number of carboxylic acid groups (broad SMARTS) is 1. The first kappa shape index (κ1) is 14.8. The molecule has 1 aromatic carbocycles. The van der Waals surface area contributed by atoms with Gasteiger partial charge in [0, 0.05) is 13.0 Å². The first-order valence-corrected chi connectivity index (χ1v) is 7.35. The van der Waals surface area contributed by atoms with Crippen LogP contribution < -0.4 is 4.74 Å². The molecule has 22 heavy (non-hydrogen) atoms. The molecule has 0 saturated carbocycles. The van der Waals surface area contributed by atoms with Crippen molar-refractivity contribution in [3.63, 3.8) is 0 Å². The normalized spacial score (nSPS) is 23.8. The molecular formula is C16H19NO5. The lowest BCUT2D eigenvalue weighted by molar-refractivity contribution is -0.161. The predicted octanol–water partition coefficient (Wildman–Crippen LogP) is 0.919.